The minimum atomic E-state index is 0.642. The highest BCUT2D eigenvalue weighted by atomic mass is 32.2. The van der Waals surface area contributed by atoms with Gasteiger partial charge in [0.2, 0.25) is 0 Å². The van der Waals surface area contributed by atoms with E-state index in [1.807, 2.05) is 6.07 Å². The summed E-state index contributed by atoms with van der Waals surface area (Å²) in [4.78, 5) is 5.45. The number of fused-ring (bicyclic) bond motifs is 1. The molecule has 1 aromatic carbocycles. The van der Waals surface area contributed by atoms with Crippen LogP contribution in [0.25, 0.3) is 0 Å². The van der Waals surface area contributed by atoms with Crippen LogP contribution in [-0.2, 0) is 12.8 Å². The van der Waals surface area contributed by atoms with Crippen molar-refractivity contribution in [1.29, 1.82) is 5.26 Å². The molecule has 18 heavy (non-hydrogen) atoms. The van der Waals surface area contributed by atoms with Crippen LogP contribution in [0.15, 0.2) is 46.5 Å². The van der Waals surface area contributed by atoms with Crippen LogP contribution in [0.1, 0.15) is 23.1 Å². The molecule has 1 aliphatic carbocycles. The third-order valence-electron chi connectivity index (χ3n) is 3.18. The highest BCUT2D eigenvalue weighted by molar-refractivity contribution is 7.99. The van der Waals surface area contributed by atoms with Gasteiger partial charge >= 0.3 is 0 Å². The molecule has 1 heterocycles. The Morgan fingerprint density at radius 2 is 2.06 bits per heavy atom. The second kappa shape index (κ2) is 4.83. The summed E-state index contributed by atoms with van der Waals surface area (Å²) in [6.45, 7) is 0. The standard InChI is InChI=1S/C15H12N2S/c16-10-13-5-2-8-17-15(13)18-14-7-6-11-3-1-4-12(11)9-14/h2,5-9H,1,3-4H2. The molecular formula is C15H12N2S. The van der Waals surface area contributed by atoms with E-state index in [-0.39, 0.29) is 0 Å². The second-order valence-corrected chi connectivity index (χ2v) is 5.42. The molecule has 0 spiro atoms. The molecule has 0 radical (unpaired) electrons. The van der Waals surface area contributed by atoms with Crippen molar-refractivity contribution in [3.05, 3.63) is 53.2 Å². The lowest BCUT2D eigenvalue weighted by atomic mass is 10.1. The van der Waals surface area contributed by atoms with Crippen LogP contribution in [0.3, 0.4) is 0 Å². The molecule has 1 aromatic heterocycles. The Kier molecular flexibility index (Phi) is 3.04. The molecule has 0 bridgehead atoms. The molecule has 2 aromatic rings. The quantitative estimate of drug-likeness (QED) is 0.819. The molecule has 2 nitrogen and oxygen atoms in total. The summed E-state index contributed by atoms with van der Waals surface area (Å²) in [5.41, 5.74) is 3.57. The molecule has 0 aliphatic heterocycles. The maximum Gasteiger partial charge on any atom is 0.119 e. The van der Waals surface area contributed by atoms with Gasteiger partial charge in [0, 0.05) is 11.1 Å². The van der Waals surface area contributed by atoms with Gasteiger partial charge in [-0.05, 0) is 54.7 Å². The number of pyridine rings is 1. The lowest BCUT2D eigenvalue weighted by Gasteiger charge is -2.05. The van der Waals surface area contributed by atoms with Gasteiger partial charge in [-0.25, -0.2) is 4.98 Å². The number of benzene rings is 1. The molecule has 0 fully saturated rings. The average Bonchev–Trinajstić information content (AvgIpc) is 2.87. The maximum atomic E-state index is 9.05. The molecule has 88 valence electrons. The molecule has 0 N–H and O–H groups in total. The van der Waals surface area contributed by atoms with Crippen molar-refractivity contribution in [2.75, 3.05) is 0 Å². The molecule has 0 unspecified atom stereocenters. The first-order valence-electron chi connectivity index (χ1n) is 6.01. The zero-order valence-electron chi connectivity index (χ0n) is 9.89. The molecule has 0 saturated heterocycles. The van der Waals surface area contributed by atoms with Gasteiger partial charge in [-0.15, -0.1) is 0 Å². The Morgan fingerprint density at radius 1 is 1.17 bits per heavy atom. The minimum Gasteiger partial charge on any atom is -0.248 e. The molecular weight excluding hydrogens is 240 g/mol. The van der Waals surface area contributed by atoms with Gasteiger partial charge < -0.3 is 0 Å². The largest absolute Gasteiger partial charge is 0.248 e. The SMILES string of the molecule is N#Cc1cccnc1Sc1ccc2c(c1)CCC2. The second-order valence-electron chi connectivity index (χ2n) is 4.35. The summed E-state index contributed by atoms with van der Waals surface area (Å²) < 4.78 is 0. The van der Waals surface area contributed by atoms with Gasteiger partial charge in [0.25, 0.3) is 0 Å². The van der Waals surface area contributed by atoms with Gasteiger partial charge in [0.15, 0.2) is 0 Å². The molecule has 3 heteroatoms. The van der Waals surface area contributed by atoms with E-state index in [9.17, 15) is 0 Å². The lowest BCUT2D eigenvalue weighted by Crippen LogP contribution is -1.87. The Balaban J connectivity index is 1.91. The first kappa shape index (κ1) is 11.3. The van der Waals surface area contributed by atoms with Crippen molar-refractivity contribution >= 4 is 11.8 Å². The van der Waals surface area contributed by atoms with Gasteiger partial charge in [0.1, 0.15) is 11.1 Å². The number of hydrogen-bond acceptors (Lipinski definition) is 3. The van der Waals surface area contributed by atoms with Gasteiger partial charge in [0.05, 0.1) is 5.56 Å². The van der Waals surface area contributed by atoms with Gasteiger partial charge in [-0.3, -0.25) is 0 Å². The molecule has 1 aliphatic rings. The monoisotopic (exact) mass is 252 g/mol. The van der Waals surface area contributed by atoms with Crippen LogP contribution in [0, 0.1) is 11.3 Å². The Bertz CT molecular complexity index is 629. The lowest BCUT2D eigenvalue weighted by molar-refractivity contribution is 0.911. The van der Waals surface area contributed by atoms with Crippen LogP contribution in [-0.4, -0.2) is 4.98 Å². The number of nitrogens with zero attached hydrogens (tertiary/aromatic N) is 2. The van der Waals surface area contributed by atoms with Gasteiger partial charge in [-0.2, -0.15) is 5.26 Å². The Morgan fingerprint density at radius 3 is 2.94 bits per heavy atom. The zero-order valence-corrected chi connectivity index (χ0v) is 10.7. The number of aromatic nitrogens is 1. The van der Waals surface area contributed by atoms with E-state index in [1.54, 1.807) is 24.0 Å². The van der Waals surface area contributed by atoms with E-state index in [0.29, 0.717) is 5.56 Å². The predicted molar refractivity (Wildman–Crippen MR) is 71.5 cm³/mol. The molecule has 0 amide bonds. The van der Waals surface area contributed by atoms with Crippen LogP contribution in [0.2, 0.25) is 0 Å². The zero-order chi connectivity index (χ0) is 12.4. The molecule has 0 atom stereocenters. The highest BCUT2D eigenvalue weighted by Crippen LogP contribution is 2.32. The highest BCUT2D eigenvalue weighted by Gasteiger charge is 2.12. The summed E-state index contributed by atoms with van der Waals surface area (Å²) in [5.74, 6) is 0. The van der Waals surface area contributed by atoms with E-state index in [2.05, 4.69) is 29.3 Å². The van der Waals surface area contributed by atoms with Crippen LogP contribution in [0.4, 0.5) is 0 Å². The van der Waals surface area contributed by atoms with Crippen molar-refractivity contribution in [3.63, 3.8) is 0 Å². The van der Waals surface area contributed by atoms with E-state index in [1.165, 1.54) is 35.3 Å². The fraction of sp³-hybridized carbons (Fsp3) is 0.200. The fourth-order valence-corrected chi connectivity index (χ4v) is 3.18. The number of hydrogen-bond donors (Lipinski definition) is 0. The third-order valence-corrected chi connectivity index (χ3v) is 4.18. The third kappa shape index (κ3) is 2.12. The fourth-order valence-electron chi connectivity index (χ4n) is 2.28. The van der Waals surface area contributed by atoms with E-state index in [0.717, 1.165) is 5.03 Å². The number of rotatable bonds is 2. The summed E-state index contributed by atoms with van der Waals surface area (Å²) in [5, 5.41) is 9.84. The van der Waals surface area contributed by atoms with Crippen LogP contribution in [0.5, 0.6) is 0 Å². The van der Waals surface area contributed by atoms with Crippen LogP contribution < -0.4 is 0 Å². The molecule has 0 saturated carbocycles. The first-order valence-corrected chi connectivity index (χ1v) is 6.83. The predicted octanol–water partition coefficient (Wildman–Crippen LogP) is 3.59. The minimum absolute atomic E-state index is 0.642. The summed E-state index contributed by atoms with van der Waals surface area (Å²) in [7, 11) is 0. The smallest absolute Gasteiger partial charge is 0.119 e. The first-order chi connectivity index (χ1) is 8.86. The Labute approximate surface area is 111 Å². The summed E-state index contributed by atoms with van der Waals surface area (Å²) in [6, 6.07) is 12.4. The molecule has 3 rings (SSSR count). The van der Waals surface area contributed by atoms with E-state index >= 15 is 0 Å². The van der Waals surface area contributed by atoms with Crippen LogP contribution >= 0.6 is 11.8 Å². The van der Waals surface area contributed by atoms with Crippen molar-refractivity contribution in [2.24, 2.45) is 0 Å². The number of aryl methyl sites for hydroxylation is 2. The van der Waals surface area contributed by atoms with Gasteiger partial charge in [-0.1, -0.05) is 17.8 Å². The summed E-state index contributed by atoms with van der Waals surface area (Å²) >= 11 is 1.57. The average molecular weight is 252 g/mol. The van der Waals surface area contributed by atoms with Crippen molar-refractivity contribution in [2.45, 2.75) is 29.2 Å². The van der Waals surface area contributed by atoms with E-state index in [4.69, 9.17) is 5.26 Å². The van der Waals surface area contributed by atoms with E-state index < -0.39 is 0 Å². The number of nitriles is 1. The topological polar surface area (TPSA) is 36.7 Å². The summed E-state index contributed by atoms with van der Waals surface area (Å²) in [6.07, 6.45) is 5.37. The Hall–Kier alpha value is -1.79. The normalized spacial score (nSPS) is 13.1. The van der Waals surface area contributed by atoms with Crippen molar-refractivity contribution in [1.82, 2.24) is 4.98 Å². The van der Waals surface area contributed by atoms with Crippen molar-refractivity contribution < 1.29 is 0 Å². The van der Waals surface area contributed by atoms with Crippen molar-refractivity contribution in [3.8, 4) is 6.07 Å². The maximum absolute atomic E-state index is 9.05.